The molecule has 0 spiro atoms. The van der Waals surface area contributed by atoms with Gasteiger partial charge in [-0.3, -0.25) is 4.79 Å². The third kappa shape index (κ3) is 5.49. The Hall–Kier alpha value is -2.31. The van der Waals surface area contributed by atoms with E-state index in [1.807, 2.05) is 19.1 Å². The number of carboxylic acid groups (broad SMARTS) is 1. The van der Waals surface area contributed by atoms with Crippen LogP contribution in [0.25, 0.3) is 21.9 Å². The Morgan fingerprint density at radius 3 is 2.45 bits per heavy atom. The Bertz CT molecular complexity index is 1120. The first-order valence-corrected chi connectivity index (χ1v) is 12.4. The third-order valence-corrected chi connectivity index (χ3v) is 7.07. The molecule has 0 radical (unpaired) electrons. The lowest BCUT2D eigenvalue weighted by molar-refractivity contribution is 0.0697. The van der Waals surface area contributed by atoms with Crippen LogP contribution in [0.3, 0.4) is 0 Å². The molecule has 166 valence electrons. The number of carbonyl (C=O) groups is 1. The SMILES string of the molecule is CCCCCCCCc1cc([S+]([O-])CCC)c2oc3ccc(C(=O)O)cc3c(=O)c2c1. The van der Waals surface area contributed by atoms with Crippen LogP contribution in [-0.2, 0) is 17.6 Å². The van der Waals surface area contributed by atoms with E-state index in [1.165, 1.54) is 43.9 Å². The lowest BCUT2D eigenvalue weighted by Gasteiger charge is -2.14. The second-order valence-corrected chi connectivity index (χ2v) is 9.52. The Labute approximate surface area is 185 Å². The van der Waals surface area contributed by atoms with Crippen molar-refractivity contribution in [1.82, 2.24) is 0 Å². The summed E-state index contributed by atoms with van der Waals surface area (Å²) >= 11 is -1.27. The molecular formula is C25H30O5S. The molecule has 0 amide bonds. The molecule has 1 unspecified atom stereocenters. The number of hydrogen-bond acceptors (Lipinski definition) is 4. The first-order chi connectivity index (χ1) is 15.0. The van der Waals surface area contributed by atoms with E-state index in [-0.39, 0.29) is 16.4 Å². The highest BCUT2D eigenvalue weighted by Gasteiger charge is 2.21. The minimum atomic E-state index is -1.27. The van der Waals surface area contributed by atoms with Crippen molar-refractivity contribution in [1.29, 1.82) is 0 Å². The van der Waals surface area contributed by atoms with Crippen molar-refractivity contribution in [3.8, 4) is 0 Å². The van der Waals surface area contributed by atoms with Gasteiger partial charge in [0.15, 0.2) is 10.5 Å². The average molecular weight is 443 g/mol. The molecule has 0 bridgehead atoms. The molecular weight excluding hydrogens is 412 g/mol. The summed E-state index contributed by atoms with van der Waals surface area (Å²) in [5, 5.41) is 9.88. The molecule has 0 aliphatic carbocycles. The monoisotopic (exact) mass is 442 g/mol. The van der Waals surface area contributed by atoms with Crippen LogP contribution in [0.4, 0.5) is 0 Å². The van der Waals surface area contributed by atoms with Gasteiger partial charge >= 0.3 is 5.97 Å². The van der Waals surface area contributed by atoms with E-state index in [2.05, 4.69) is 6.92 Å². The molecule has 31 heavy (non-hydrogen) atoms. The van der Waals surface area contributed by atoms with E-state index in [0.717, 1.165) is 31.2 Å². The van der Waals surface area contributed by atoms with Gasteiger partial charge in [-0.15, -0.1) is 0 Å². The van der Waals surface area contributed by atoms with E-state index in [1.54, 1.807) is 0 Å². The molecule has 2 aromatic carbocycles. The topological polar surface area (TPSA) is 90.6 Å². The number of carboxylic acids is 1. The normalized spacial score (nSPS) is 12.5. The molecule has 0 fully saturated rings. The predicted molar refractivity (Wildman–Crippen MR) is 126 cm³/mol. The molecule has 6 heteroatoms. The number of aryl methyl sites for hydroxylation is 1. The van der Waals surface area contributed by atoms with Crippen molar-refractivity contribution < 1.29 is 18.9 Å². The summed E-state index contributed by atoms with van der Waals surface area (Å²) in [6, 6.07) is 8.00. The maximum atomic E-state index is 13.2. The molecule has 3 rings (SSSR count). The van der Waals surface area contributed by atoms with Crippen molar-refractivity contribution >= 4 is 39.1 Å². The van der Waals surface area contributed by atoms with Crippen LogP contribution in [-0.4, -0.2) is 21.4 Å². The Morgan fingerprint density at radius 2 is 1.74 bits per heavy atom. The second-order valence-electron chi connectivity index (χ2n) is 7.99. The van der Waals surface area contributed by atoms with Crippen LogP contribution >= 0.6 is 0 Å². The van der Waals surface area contributed by atoms with E-state index in [0.29, 0.717) is 27.2 Å². The van der Waals surface area contributed by atoms with Crippen LogP contribution in [0.15, 0.2) is 44.4 Å². The van der Waals surface area contributed by atoms with Crippen LogP contribution in [0.2, 0.25) is 0 Å². The highest BCUT2D eigenvalue weighted by molar-refractivity contribution is 7.91. The number of aromatic carboxylic acids is 1. The number of benzene rings is 2. The van der Waals surface area contributed by atoms with Gasteiger partial charge in [0, 0.05) is 6.07 Å². The maximum Gasteiger partial charge on any atom is 0.335 e. The Balaban J connectivity index is 2.05. The average Bonchev–Trinajstić information content (AvgIpc) is 2.76. The van der Waals surface area contributed by atoms with Gasteiger partial charge in [0.2, 0.25) is 5.43 Å². The van der Waals surface area contributed by atoms with Crippen LogP contribution in [0.5, 0.6) is 0 Å². The van der Waals surface area contributed by atoms with Crippen molar-refractivity contribution in [3.63, 3.8) is 0 Å². The fourth-order valence-corrected chi connectivity index (χ4v) is 5.07. The predicted octanol–water partition coefficient (Wildman–Crippen LogP) is 6.07. The summed E-state index contributed by atoms with van der Waals surface area (Å²) < 4.78 is 18.9. The smallest absolute Gasteiger partial charge is 0.335 e. The number of fused-ring (bicyclic) bond motifs is 2. The third-order valence-electron chi connectivity index (χ3n) is 5.50. The number of rotatable bonds is 11. The lowest BCUT2D eigenvalue weighted by Crippen LogP contribution is -2.11. The van der Waals surface area contributed by atoms with Crippen molar-refractivity contribution in [3.05, 3.63) is 51.7 Å². The van der Waals surface area contributed by atoms with E-state index in [9.17, 15) is 19.2 Å². The van der Waals surface area contributed by atoms with Gasteiger partial charge in [-0.25, -0.2) is 4.79 Å². The molecule has 5 nitrogen and oxygen atoms in total. The van der Waals surface area contributed by atoms with Crippen LogP contribution in [0.1, 0.15) is 74.7 Å². The van der Waals surface area contributed by atoms with Crippen molar-refractivity contribution in [2.24, 2.45) is 0 Å². The largest absolute Gasteiger partial charge is 0.611 e. The summed E-state index contributed by atoms with van der Waals surface area (Å²) in [6.45, 7) is 4.17. The van der Waals surface area contributed by atoms with Crippen molar-refractivity contribution in [2.75, 3.05) is 5.75 Å². The zero-order valence-electron chi connectivity index (χ0n) is 18.2. The first kappa shape index (κ1) is 23.4. The van der Waals surface area contributed by atoms with E-state index < -0.39 is 17.1 Å². The molecule has 0 aliphatic heterocycles. The molecule has 0 aliphatic rings. The van der Waals surface area contributed by atoms with E-state index in [4.69, 9.17) is 4.42 Å². The van der Waals surface area contributed by atoms with Gasteiger partial charge in [0.05, 0.1) is 16.3 Å². The van der Waals surface area contributed by atoms with Gasteiger partial charge in [0.25, 0.3) is 0 Å². The molecule has 1 atom stereocenters. The fraction of sp³-hybridized carbons (Fsp3) is 0.440. The first-order valence-electron chi connectivity index (χ1n) is 11.1. The standard InChI is InChI=1S/C25H30O5S/c1-3-5-6-7-8-9-10-17-14-20-23(26)19-16-18(25(27)28)11-12-21(19)30-24(20)22(15-17)31(29)13-4-2/h11-12,14-16H,3-10,13H2,1-2H3,(H,27,28). The number of hydrogen-bond donors (Lipinski definition) is 1. The molecule has 1 heterocycles. The maximum absolute atomic E-state index is 13.2. The summed E-state index contributed by atoms with van der Waals surface area (Å²) in [4.78, 5) is 25.1. The van der Waals surface area contributed by atoms with Gasteiger partial charge in [0.1, 0.15) is 11.3 Å². The van der Waals surface area contributed by atoms with Gasteiger partial charge in [-0.1, -0.05) is 46.0 Å². The van der Waals surface area contributed by atoms with Gasteiger partial charge in [-0.05, 0) is 60.3 Å². The quantitative estimate of drug-likeness (QED) is 0.221. The summed E-state index contributed by atoms with van der Waals surface area (Å²) in [6.07, 6.45) is 8.60. The van der Waals surface area contributed by atoms with Crippen LogP contribution < -0.4 is 5.43 Å². The molecule has 0 saturated heterocycles. The fourth-order valence-electron chi connectivity index (χ4n) is 3.84. The van der Waals surface area contributed by atoms with Crippen molar-refractivity contribution in [2.45, 2.75) is 70.1 Å². The van der Waals surface area contributed by atoms with Gasteiger partial charge in [-0.2, -0.15) is 0 Å². The number of unbranched alkanes of at least 4 members (excludes halogenated alkanes) is 5. The highest BCUT2D eigenvalue weighted by atomic mass is 32.2. The highest BCUT2D eigenvalue weighted by Crippen LogP contribution is 2.29. The Morgan fingerprint density at radius 1 is 1.00 bits per heavy atom. The minimum Gasteiger partial charge on any atom is -0.611 e. The molecule has 1 aromatic heterocycles. The van der Waals surface area contributed by atoms with Gasteiger partial charge < -0.3 is 14.1 Å². The second kappa shape index (κ2) is 10.8. The molecule has 0 saturated carbocycles. The summed E-state index contributed by atoms with van der Waals surface area (Å²) in [7, 11) is 0. The molecule has 1 N–H and O–H groups in total. The lowest BCUT2D eigenvalue weighted by atomic mass is 10.0. The van der Waals surface area contributed by atoms with Crippen LogP contribution in [0, 0.1) is 0 Å². The summed E-state index contributed by atoms with van der Waals surface area (Å²) in [5.41, 5.74) is 1.39. The zero-order valence-corrected chi connectivity index (χ0v) is 19.1. The summed E-state index contributed by atoms with van der Waals surface area (Å²) in [5.74, 6) is -0.599. The Kier molecular flexibility index (Phi) is 8.15. The zero-order chi connectivity index (χ0) is 22.4. The van der Waals surface area contributed by atoms with E-state index >= 15 is 0 Å². The molecule has 3 aromatic rings. The minimum absolute atomic E-state index is 0.0390.